The Morgan fingerprint density at radius 3 is 2.37 bits per heavy atom. The Morgan fingerprint density at radius 1 is 1.00 bits per heavy atom. The highest BCUT2D eigenvalue weighted by Gasteiger charge is 2.45. The number of amides is 4. The van der Waals surface area contributed by atoms with Gasteiger partial charge in [0.05, 0.1) is 38.1 Å². The molecule has 2 heterocycles. The number of rotatable bonds is 8. The summed E-state index contributed by atoms with van der Waals surface area (Å²) in [5, 5.41) is 5.41. The van der Waals surface area contributed by atoms with Gasteiger partial charge in [-0.15, -0.1) is 0 Å². The minimum absolute atomic E-state index is 0.0277. The van der Waals surface area contributed by atoms with Crippen molar-refractivity contribution < 1.29 is 37.4 Å². The Morgan fingerprint density at radius 2 is 1.72 bits per heavy atom. The molecule has 5 rings (SSSR count). The van der Waals surface area contributed by atoms with E-state index in [0.29, 0.717) is 25.0 Å². The maximum atomic E-state index is 14.3. The molecule has 0 bridgehead atoms. The van der Waals surface area contributed by atoms with Crippen molar-refractivity contribution in [1.82, 2.24) is 20.4 Å². The Hall–Kier alpha value is -4.03. The Balaban J connectivity index is 1.27. The van der Waals surface area contributed by atoms with E-state index in [0.717, 1.165) is 55.6 Å². The SMILES string of the molecule is COCC1=C(C(=O)OC)[C@H](c2ccc(F)c(F)c2)N(C(=O)NC2CN([C@H]3CC[C@H](c4ccccc4OC)CC3)C2)C(=O)N1. The molecule has 1 saturated carbocycles. The molecule has 10 nitrogen and oxygen atoms in total. The van der Waals surface area contributed by atoms with Gasteiger partial charge in [0.25, 0.3) is 0 Å². The second kappa shape index (κ2) is 13.1. The number of nitrogens with zero attached hydrogens (tertiary/aromatic N) is 2. The average molecular weight is 599 g/mol. The van der Waals surface area contributed by atoms with Crippen LogP contribution < -0.4 is 15.4 Å². The zero-order valence-electron chi connectivity index (χ0n) is 24.4. The summed E-state index contributed by atoms with van der Waals surface area (Å²) >= 11 is 0. The maximum absolute atomic E-state index is 14.3. The molecule has 1 aliphatic carbocycles. The predicted octanol–water partition coefficient (Wildman–Crippen LogP) is 4.23. The number of benzene rings is 2. The number of imide groups is 1. The van der Waals surface area contributed by atoms with Crippen molar-refractivity contribution in [2.24, 2.45) is 0 Å². The van der Waals surface area contributed by atoms with Crippen LogP contribution in [0.5, 0.6) is 5.75 Å². The van der Waals surface area contributed by atoms with Gasteiger partial charge < -0.3 is 24.8 Å². The van der Waals surface area contributed by atoms with Crippen molar-refractivity contribution in [3.05, 3.63) is 76.5 Å². The zero-order chi connectivity index (χ0) is 30.7. The van der Waals surface area contributed by atoms with E-state index in [2.05, 4.69) is 21.6 Å². The van der Waals surface area contributed by atoms with Gasteiger partial charge in [0.15, 0.2) is 11.6 Å². The normalized spacial score (nSPS) is 23.0. The second-order valence-corrected chi connectivity index (χ2v) is 11.0. The van der Waals surface area contributed by atoms with E-state index in [1.54, 1.807) is 7.11 Å². The molecule has 2 fully saturated rings. The number of carbonyl (C=O) groups excluding carboxylic acids is 3. The molecule has 0 spiro atoms. The van der Waals surface area contributed by atoms with Crippen LogP contribution in [0, 0.1) is 11.6 Å². The predicted molar refractivity (Wildman–Crippen MR) is 152 cm³/mol. The van der Waals surface area contributed by atoms with Gasteiger partial charge in [-0.3, -0.25) is 4.90 Å². The number of hydrogen-bond donors (Lipinski definition) is 2. The molecule has 2 aromatic carbocycles. The molecule has 4 amide bonds. The third-order valence-corrected chi connectivity index (χ3v) is 8.53. The van der Waals surface area contributed by atoms with Gasteiger partial charge in [0.1, 0.15) is 11.8 Å². The van der Waals surface area contributed by atoms with E-state index in [4.69, 9.17) is 14.2 Å². The van der Waals surface area contributed by atoms with Gasteiger partial charge in [-0.2, -0.15) is 0 Å². The highest BCUT2D eigenvalue weighted by atomic mass is 19.2. The largest absolute Gasteiger partial charge is 0.496 e. The van der Waals surface area contributed by atoms with E-state index < -0.39 is 35.7 Å². The Bertz CT molecular complexity index is 1400. The van der Waals surface area contributed by atoms with E-state index in [-0.39, 0.29) is 29.5 Å². The van der Waals surface area contributed by atoms with Gasteiger partial charge in [0.2, 0.25) is 0 Å². The molecule has 43 heavy (non-hydrogen) atoms. The third kappa shape index (κ3) is 6.21. The van der Waals surface area contributed by atoms with Crippen LogP contribution in [0.3, 0.4) is 0 Å². The molecular weight excluding hydrogens is 562 g/mol. The first kappa shape index (κ1) is 30.4. The first-order chi connectivity index (χ1) is 20.7. The summed E-state index contributed by atoms with van der Waals surface area (Å²) in [5.41, 5.74) is 1.21. The van der Waals surface area contributed by atoms with Crippen molar-refractivity contribution >= 4 is 18.0 Å². The quantitative estimate of drug-likeness (QED) is 0.438. The number of methoxy groups -OCH3 is 3. The number of hydrogen-bond acceptors (Lipinski definition) is 7. The molecular formula is C31H36F2N4O6. The average Bonchev–Trinajstić information content (AvgIpc) is 2.99. The zero-order valence-corrected chi connectivity index (χ0v) is 24.4. The number of para-hydroxylation sites is 1. The molecule has 0 aromatic heterocycles. The first-order valence-corrected chi connectivity index (χ1v) is 14.3. The van der Waals surface area contributed by atoms with Crippen molar-refractivity contribution in [2.75, 3.05) is 41.0 Å². The van der Waals surface area contributed by atoms with Gasteiger partial charge in [-0.05, 0) is 60.9 Å². The van der Waals surface area contributed by atoms with Crippen molar-refractivity contribution in [3.63, 3.8) is 0 Å². The summed E-state index contributed by atoms with van der Waals surface area (Å²) in [6.07, 6.45) is 4.11. The fourth-order valence-corrected chi connectivity index (χ4v) is 6.38. The fourth-order valence-electron chi connectivity index (χ4n) is 6.38. The van der Waals surface area contributed by atoms with E-state index in [9.17, 15) is 23.2 Å². The number of likely N-dealkylation sites (tertiary alicyclic amines) is 1. The van der Waals surface area contributed by atoms with Gasteiger partial charge in [-0.25, -0.2) is 28.1 Å². The lowest BCUT2D eigenvalue weighted by Gasteiger charge is -2.47. The van der Waals surface area contributed by atoms with Crippen LogP contribution in [0.2, 0.25) is 0 Å². The van der Waals surface area contributed by atoms with Crippen molar-refractivity contribution in [3.8, 4) is 5.75 Å². The van der Waals surface area contributed by atoms with Crippen LogP contribution in [0.15, 0.2) is 53.7 Å². The number of urea groups is 2. The summed E-state index contributed by atoms with van der Waals surface area (Å²) in [4.78, 5) is 42.8. The van der Waals surface area contributed by atoms with Crippen LogP contribution in [0.1, 0.15) is 48.8 Å². The Labute approximate surface area is 248 Å². The van der Waals surface area contributed by atoms with Gasteiger partial charge in [0, 0.05) is 26.2 Å². The van der Waals surface area contributed by atoms with Crippen LogP contribution in [-0.4, -0.2) is 80.9 Å². The van der Waals surface area contributed by atoms with Crippen LogP contribution in [-0.2, 0) is 14.3 Å². The monoisotopic (exact) mass is 598 g/mol. The number of esters is 1. The topological polar surface area (TPSA) is 109 Å². The summed E-state index contributed by atoms with van der Waals surface area (Å²) < 4.78 is 43.7. The Kier molecular flexibility index (Phi) is 9.26. The smallest absolute Gasteiger partial charge is 0.338 e. The number of ether oxygens (including phenoxy) is 3. The maximum Gasteiger partial charge on any atom is 0.338 e. The molecule has 0 radical (unpaired) electrons. The van der Waals surface area contributed by atoms with Crippen LogP contribution in [0.25, 0.3) is 0 Å². The van der Waals surface area contributed by atoms with E-state index >= 15 is 0 Å². The lowest BCUT2D eigenvalue weighted by Crippen LogP contribution is -2.65. The number of halogens is 2. The molecule has 1 atom stereocenters. The lowest BCUT2D eigenvalue weighted by molar-refractivity contribution is -0.137. The van der Waals surface area contributed by atoms with E-state index in [1.165, 1.54) is 18.7 Å². The number of carbonyl (C=O) groups is 3. The van der Waals surface area contributed by atoms with E-state index in [1.807, 2.05) is 18.2 Å². The minimum Gasteiger partial charge on any atom is -0.496 e. The van der Waals surface area contributed by atoms with Crippen molar-refractivity contribution in [1.29, 1.82) is 0 Å². The minimum atomic E-state index is -1.37. The fraction of sp³-hybridized carbons (Fsp3) is 0.452. The highest BCUT2D eigenvalue weighted by molar-refractivity contribution is 6.01. The first-order valence-electron chi connectivity index (χ1n) is 14.3. The van der Waals surface area contributed by atoms with Crippen molar-refractivity contribution in [2.45, 2.75) is 49.7 Å². The summed E-state index contributed by atoms with van der Waals surface area (Å²) in [7, 11) is 4.21. The molecule has 2 aromatic rings. The summed E-state index contributed by atoms with van der Waals surface area (Å²) in [5.74, 6) is -1.78. The molecule has 1 saturated heterocycles. The molecule has 12 heteroatoms. The summed E-state index contributed by atoms with van der Waals surface area (Å²) in [6, 6.07) is 8.27. The van der Waals surface area contributed by atoms with Crippen LogP contribution in [0.4, 0.5) is 18.4 Å². The molecule has 2 N–H and O–H groups in total. The molecule has 0 unspecified atom stereocenters. The van der Waals surface area contributed by atoms with Crippen LogP contribution >= 0.6 is 0 Å². The number of nitrogens with one attached hydrogen (secondary N) is 2. The van der Waals surface area contributed by atoms with Gasteiger partial charge >= 0.3 is 18.0 Å². The lowest BCUT2D eigenvalue weighted by atomic mass is 9.80. The standard InChI is InChI=1S/C31H36F2N4O6/c1-41-17-25-27(29(38)43-3)28(19-10-13-23(32)24(33)14-19)37(31(40)35-25)30(39)34-20-15-36(16-20)21-11-8-18(9-12-21)22-6-4-5-7-26(22)42-2/h4-7,10,13-14,18,20-21,28H,8-9,11-12,15-17H2,1-3H3,(H,34,39)(H,35,40)/t18-,21-,28-/m0/s1. The van der Waals surface area contributed by atoms with Gasteiger partial charge in [-0.1, -0.05) is 24.3 Å². The molecule has 2 aliphatic heterocycles. The second-order valence-electron chi connectivity index (χ2n) is 11.0. The highest BCUT2D eigenvalue weighted by Crippen LogP contribution is 2.40. The third-order valence-electron chi connectivity index (χ3n) is 8.53. The molecule has 230 valence electrons. The molecule has 3 aliphatic rings. The summed E-state index contributed by atoms with van der Waals surface area (Å²) in [6.45, 7) is 1.04.